The summed E-state index contributed by atoms with van der Waals surface area (Å²) in [6.45, 7) is 13.1. The minimum atomic E-state index is -1.74. The maximum absolute atomic E-state index is 6.37. The molecule has 1 aliphatic heterocycles. The first-order valence-corrected chi connectivity index (χ1v) is 10.1. The molecule has 0 aromatic heterocycles. The van der Waals surface area contributed by atoms with Crippen molar-refractivity contribution in [1.82, 2.24) is 0 Å². The van der Waals surface area contributed by atoms with Gasteiger partial charge in [0.05, 0.1) is 26.4 Å². The Morgan fingerprint density at radius 3 is 2.25 bits per heavy atom. The Bertz CT molecular complexity index is 246. The van der Waals surface area contributed by atoms with E-state index in [4.69, 9.17) is 18.6 Å². The predicted octanol–water partition coefficient (Wildman–Crippen LogP) is 3.22. The van der Waals surface area contributed by atoms with Gasteiger partial charge in [-0.25, -0.2) is 0 Å². The molecule has 0 N–H and O–H groups in total. The van der Waals surface area contributed by atoms with Crippen molar-refractivity contribution in [2.24, 2.45) is 0 Å². The molecule has 0 bridgehead atoms. The summed E-state index contributed by atoms with van der Waals surface area (Å²) in [6, 6.07) is 1.16. The molecule has 0 amide bonds. The third-order valence-electron chi connectivity index (χ3n) is 4.18. The highest BCUT2D eigenvalue weighted by molar-refractivity contribution is 6.76. The Morgan fingerprint density at radius 1 is 1.10 bits per heavy atom. The molecule has 0 aliphatic carbocycles. The topological polar surface area (TPSA) is 40.2 Å². The second-order valence-corrected chi connectivity index (χ2v) is 11.2. The molecule has 20 heavy (non-hydrogen) atoms. The lowest BCUT2D eigenvalue weighted by Crippen LogP contribution is -2.45. The van der Waals surface area contributed by atoms with Crippen molar-refractivity contribution in [3.63, 3.8) is 0 Å². The van der Waals surface area contributed by atoms with E-state index >= 15 is 0 Å². The van der Waals surface area contributed by atoms with Crippen LogP contribution in [0.3, 0.4) is 0 Å². The molecule has 5 heteroatoms. The van der Waals surface area contributed by atoms with Gasteiger partial charge in [-0.3, -0.25) is 0 Å². The molecular formula is C15H32O4Si. The highest BCUT2D eigenvalue weighted by atomic mass is 28.4. The van der Waals surface area contributed by atoms with Crippen molar-refractivity contribution < 1.29 is 18.6 Å². The lowest BCUT2D eigenvalue weighted by molar-refractivity contribution is 0.114. The summed E-state index contributed by atoms with van der Waals surface area (Å²) >= 11 is 0. The SMILES string of the molecule is COCCO[Si](CCCOCC1CO1)(C(C)C)C(C)C. The Hall–Kier alpha value is 0.0569. The standard InChI is InChI=1S/C15H32O4Si/c1-13(2)20(14(3)4,19-9-8-16-5)10-6-7-17-11-15-12-18-15/h13-15H,6-12H2,1-5H3. The number of hydrogen-bond acceptors (Lipinski definition) is 4. The third-order valence-corrected chi connectivity index (χ3v) is 9.96. The Labute approximate surface area is 125 Å². The highest BCUT2D eigenvalue weighted by Crippen LogP contribution is 2.37. The Kier molecular flexibility index (Phi) is 8.29. The zero-order valence-corrected chi connectivity index (χ0v) is 14.8. The first-order chi connectivity index (χ1) is 9.53. The predicted molar refractivity (Wildman–Crippen MR) is 83.8 cm³/mol. The summed E-state index contributed by atoms with van der Waals surface area (Å²) in [7, 11) is -0.0130. The average molecular weight is 305 g/mol. The van der Waals surface area contributed by atoms with Crippen molar-refractivity contribution in [3.05, 3.63) is 0 Å². The van der Waals surface area contributed by atoms with Gasteiger partial charge in [-0.15, -0.1) is 0 Å². The van der Waals surface area contributed by atoms with Crippen LogP contribution in [0, 0.1) is 0 Å². The largest absolute Gasteiger partial charge is 0.414 e. The van der Waals surface area contributed by atoms with Gasteiger partial charge in [-0.1, -0.05) is 27.7 Å². The molecule has 0 aromatic rings. The summed E-state index contributed by atoms with van der Waals surface area (Å²) in [6.07, 6.45) is 1.45. The molecule has 120 valence electrons. The van der Waals surface area contributed by atoms with Gasteiger partial charge in [0.25, 0.3) is 0 Å². The quantitative estimate of drug-likeness (QED) is 0.315. The molecule has 1 fully saturated rings. The van der Waals surface area contributed by atoms with Crippen LogP contribution in [0.15, 0.2) is 0 Å². The lowest BCUT2D eigenvalue weighted by Gasteiger charge is -2.38. The molecule has 0 aromatic carbocycles. The summed E-state index contributed by atoms with van der Waals surface area (Å²) in [5, 5.41) is 0. The van der Waals surface area contributed by atoms with Gasteiger partial charge < -0.3 is 18.6 Å². The normalized spacial score (nSPS) is 19.1. The summed E-state index contributed by atoms with van der Waals surface area (Å²) in [4.78, 5) is 0. The first-order valence-electron chi connectivity index (χ1n) is 7.85. The highest BCUT2D eigenvalue weighted by Gasteiger charge is 2.41. The fourth-order valence-corrected chi connectivity index (χ4v) is 7.25. The van der Waals surface area contributed by atoms with E-state index < -0.39 is 8.32 Å². The van der Waals surface area contributed by atoms with Gasteiger partial charge in [0.15, 0.2) is 8.32 Å². The van der Waals surface area contributed by atoms with Gasteiger partial charge >= 0.3 is 0 Å². The fraction of sp³-hybridized carbons (Fsp3) is 1.00. The molecule has 0 saturated carbocycles. The van der Waals surface area contributed by atoms with E-state index in [-0.39, 0.29) is 0 Å². The van der Waals surface area contributed by atoms with Crippen LogP contribution in [0.1, 0.15) is 34.1 Å². The van der Waals surface area contributed by atoms with Crippen molar-refractivity contribution in [1.29, 1.82) is 0 Å². The minimum Gasteiger partial charge on any atom is -0.414 e. The lowest BCUT2D eigenvalue weighted by atomic mass is 10.5. The van der Waals surface area contributed by atoms with Gasteiger partial charge in [-0.2, -0.15) is 0 Å². The van der Waals surface area contributed by atoms with Crippen molar-refractivity contribution in [2.45, 2.75) is 57.3 Å². The monoisotopic (exact) mass is 304 g/mol. The van der Waals surface area contributed by atoms with E-state index in [1.54, 1.807) is 7.11 Å². The zero-order valence-electron chi connectivity index (χ0n) is 13.8. The first kappa shape index (κ1) is 18.1. The van der Waals surface area contributed by atoms with Crippen LogP contribution in [0.4, 0.5) is 0 Å². The molecule has 1 atom stereocenters. The molecule has 1 rings (SSSR count). The van der Waals surface area contributed by atoms with Crippen LogP contribution >= 0.6 is 0 Å². The maximum atomic E-state index is 6.37. The Balaban J connectivity index is 2.37. The van der Waals surface area contributed by atoms with E-state index in [0.29, 0.717) is 23.8 Å². The molecule has 0 radical (unpaired) electrons. The summed E-state index contributed by atoms with van der Waals surface area (Å²) in [5.74, 6) is 0. The molecule has 4 nitrogen and oxygen atoms in total. The van der Waals surface area contributed by atoms with Gasteiger partial charge in [-0.05, 0) is 23.5 Å². The number of hydrogen-bond donors (Lipinski definition) is 0. The number of methoxy groups -OCH3 is 1. The van der Waals surface area contributed by atoms with Gasteiger partial charge in [0.2, 0.25) is 0 Å². The smallest absolute Gasteiger partial charge is 0.198 e. The van der Waals surface area contributed by atoms with Crippen molar-refractivity contribution in [2.75, 3.05) is 40.1 Å². The van der Waals surface area contributed by atoms with Crippen molar-refractivity contribution >= 4 is 8.32 Å². The van der Waals surface area contributed by atoms with Crippen LogP contribution in [0.25, 0.3) is 0 Å². The van der Waals surface area contributed by atoms with Crippen LogP contribution in [-0.2, 0) is 18.6 Å². The van der Waals surface area contributed by atoms with E-state index in [2.05, 4.69) is 27.7 Å². The Morgan fingerprint density at radius 2 is 1.75 bits per heavy atom. The second-order valence-electron chi connectivity index (χ2n) is 6.24. The molecular weight excluding hydrogens is 272 g/mol. The number of epoxide rings is 1. The fourth-order valence-electron chi connectivity index (χ4n) is 2.79. The van der Waals surface area contributed by atoms with Crippen LogP contribution in [0.2, 0.25) is 17.1 Å². The van der Waals surface area contributed by atoms with E-state index in [9.17, 15) is 0 Å². The summed E-state index contributed by atoms with van der Waals surface area (Å²) in [5.41, 5.74) is 1.23. The van der Waals surface area contributed by atoms with Gasteiger partial charge in [0.1, 0.15) is 6.10 Å². The summed E-state index contributed by atoms with van der Waals surface area (Å²) < 4.78 is 22.3. The van der Waals surface area contributed by atoms with Crippen LogP contribution < -0.4 is 0 Å². The molecule has 1 aliphatic rings. The molecule has 1 heterocycles. The minimum absolute atomic E-state index is 0.366. The number of ether oxygens (including phenoxy) is 3. The molecule has 1 saturated heterocycles. The molecule has 1 unspecified atom stereocenters. The maximum Gasteiger partial charge on any atom is 0.198 e. The van der Waals surface area contributed by atoms with E-state index in [1.165, 1.54) is 0 Å². The van der Waals surface area contributed by atoms with E-state index in [1.807, 2.05) is 0 Å². The third kappa shape index (κ3) is 5.82. The zero-order chi connectivity index (χ0) is 15.0. The molecule has 0 spiro atoms. The number of rotatable bonds is 12. The van der Waals surface area contributed by atoms with Gasteiger partial charge in [0, 0.05) is 13.7 Å². The van der Waals surface area contributed by atoms with Crippen molar-refractivity contribution in [3.8, 4) is 0 Å². The second kappa shape index (κ2) is 9.15. The van der Waals surface area contributed by atoms with Crippen LogP contribution in [0.5, 0.6) is 0 Å². The van der Waals surface area contributed by atoms with E-state index in [0.717, 1.165) is 38.9 Å². The van der Waals surface area contributed by atoms with Crippen LogP contribution in [-0.4, -0.2) is 54.6 Å². The average Bonchev–Trinajstić information content (AvgIpc) is 3.19.